The zero-order chi connectivity index (χ0) is 19.9. The molecule has 0 aliphatic carbocycles. The summed E-state index contributed by atoms with van der Waals surface area (Å²) in [6.45, 7) is 5.20. The molecule has 28 heavy (non-hydrogen) atoms. The molecule has 2 aromatic rings. The molecule has 0 bridgehead atoms. The van der Waals surface area contributed by atoms with Crippen molar-refractivity contribution in [3.63, 3.8) is 0 Å². The summed E-state index contributed by atoms with van der Waals surface area (Å²) in [4.78, 5) is 31.3. The average Bonchev–Trinajstić information content (AvgIpc) is 2.92. The van der Waals surface area contributed by atoms with E-state index < -0.39 is 0 Å². The van der Waals surface area contributed by atoms with E-state index in [1.54, 1.807) is 19.3 Å². The number of hydrogen-bond acceptors (Lipinski definition) is 6. The Bertz CT molecular complexity index is 767. The van der Waals surface area contributed by atoms with Crippen LogP contribution in [0.3, 0.4) is 0 Å². The van der Waals surface area contributed by atoms with Gasteiger partial charge in [-0.05, 0) is 43.5 Å². The van der Waals surface area contributed by atoms with Crippen LogP contribution in [0.1, 0.15) is 37.3 Å². The number of anilines is 1. The Morgan fingerprint density at radius 1 is 1.18 bits per heavy atom. The van der Waals surface area contributed by atoms with E-state index in [9.17, 15) is 4.79 Å². The van der Waals surface area contributed by atoms with Crippen molar-refractivity contribution in [2.24, 2.45) is 0 Å². The van der Waals surface area contributed by atoms with Crippen molar-refractivity contribution in [3.8, 4) is 0 Å². The third-order valence-corrected chi connectivity index (χ3v) is 5.28. The van der Waals surface area contributed by atoms with Crippen LogP contribution in [-0.4, -0.2) is 63.9 Å². The van der Waals surface area contributed by atoms with E-state index >= 15 is 0 Å². The lowest BCUT2D eigenvalue weighted by Gasteiger charge is -2.30. The van der Waals surface area contributed by atoms with E-state index in [0.717, 1.165) is 50.3 Å². The largest absolute Gasteiger partial charge is 0.363 e. The van der Waals surface area contributed by atoms with Gasteiger partial charge in [-0.2, -0.15) is 0 Å². The van der Waals surface area contributed by atoms with Gasteiger partial charge in [0.05, 0.1) is 0 Å². The molecule has 1 aliphatic rings. The van der Waals surface area contributed by atoms with Crippen LogP contribution in [0.5, 0.6) is 0 Å². The maximum absolute atomic E-state index is 12.3. The van der Waals surface area contributed by atoms with Gasteiger partial charge in [-0.3, -0.25) is 9.69 Å². The summed E-state index contributed by atoms with van der Waals surface area (Å²) in [7, 11) is 4.02. The molecule has 2 aromatic heterocycles. The van der Waals surface area contributed by atoms with Crippen LogP contribution in [0.25, 0.3) is 0 Å². The van der Waals surface area contributed by atoms with E-state index in [-0.39, 0.29) is 11.9 Å². The molecule has 3 heterocycles. The second kappa shape index (κ2) is 9.59. The standard InChI is InChI=1S/C21H30N6O/c1-17(28)27(15-19-12-22-16-23-13-19)20-5-4-9-26(10-7-20)14-18-6-8-24-21(11-18)25(2)3/h6,8,11-13,16,20H,4-5,7,9-10,14-15H2,1-3H3/t20-/m0/s1. The van der Waals surface area contributed by atoms with Gasteiger partial charge in [0.15, 0.2) is 0 Å². The molecular formula is C21H30N6O. The maximum atomic E-state index is 12.3. The molecule has 0 aromatic carbocycles. The molecule has 0 unspecified atom stereocenters. The van der Waals surface area contributed by atoms with Crippen molar-refractivity contribution < 1.29 is 4.79 Å². The van der Waals surface area contributed by atoms with Crippen LogP contribution in [0, 0.1) is 0 Å². The summed E-state index contributed by atoms with van der Waals surface area (Å²) in [6, 6.07) is 4.50. The lowest BCUT2D eigenvalue weighted by atomic mass is 10.1. The summed E-state index contributed by atoms with van der Waals surface area (Å²) < 4.78 is 0. The highest BCUT2D eigenvalue weighted by molar-refractivity contribution is 5.73. The van der Waals surface area contributed by atoms with Gasteiger partial charge < -0.3 is 9.80 Å². The lowest BCUT2D eigenvalue weighted by molar-refractivity contribution is -0.132. The molecule has 1 saturated heterocycles. The highest BCUT2D eigenvalue weighted by Gasteiger charge is 2.25. The number of carbonyl (C=O) groups is 1. The highest BCUT2D eigenvalue weighted by Crippen LogP contribution is 2.21. The van der Waals surface area contributed by atoms with Crippen LogP contribution in [-0.2, 0) is 17.9 Å². The molecule has 150 valence electrons. The zero-order valence-electron chi connectivity index (χ0n) is 17.1. The molecule has 1 atom stereocenters. The fraction of sp³-hybridized carbons (Fsp3) is 0.524. The number of nitrogens with zero attached hydrogens (tertiary/aromatic N) is 6. The van der Waals surface area contributed by atoms with Gasteiger partial charge >= 0.3 is 0 Å². The zero-order valence-corrected chi connectivity index (χ0v) is 17.1. The number of carbonyl (C=O) groups excluding carboxylic acids is 1. The van der Waals surface area contributed by atoms with Crippen LogP contribution >= 0.6 is 0 Å². The van der Waals surface area contributed by atoms with E-state index in [0.29, 0.717) is 6.54 Å². The van der Waals surface area contributed by atoms with Gasteiger partial charge in [-0.1, -0.05) is 0 Å². The Kier molecular flexibility index (Phi) is 6.92. The molecule has 1 fully saturated rings. The monoisotopic (exact) mass is 382 g/mol. The van der Waals surface area contributed by atoms with Gasteiger partial charge in [0.1, 0.15) is 12.1 Å². The van der Waals surface area contributed by atoms with Gasteiger partial charge in [-0.15, -0.1) is 0 Å². The van der Waals surface area contributed by atoms with Crippen LogP contribution < -0.4 is 4.90 Å². The number of rotatable bonds is 6. The summed E-state index contributed by atoms with van der Waals surface area (Å²) in [6.07, 6.45) is 10.1. The Morgan fingerprint density at radius 2 is 1.96 bits per heavy atom. The minimum absolute atomic E-state index is 0.118. The van der Waals surface area contributed by atoms with E-state index in [4.69, 9.17) is 0 Å². The molecule has 7 heteroatoms. The first-order valence-corrected chi connectivity index (χ1v) is 9.88. The highest BCUT2D eigenvalue weighted by atomic mass is 16.2. The van der Waals surface area contributed by atoms with Crippen molar-refractivity contribution in [1.29, 1.82) is 0 Å². The summed E-state index contributed by atoms with van der Waals surface area (Å²) in [5.74, 6) is 1.10. The van der Waals surface area contributed by atoms with Crippen LogP contribution in [0.2, 0.25) is 0 Å². The number of pyridine rings is 1. The Balaban J connectivity index is 1.61. The Morgan fingerprint density at radius 3 is 2.68 bits per heavy atom. The van der Waals surface area contributed by atoms with Crippen molar-refractivity contribution >= 4 is 11.7 Å². The molecule has 1 aliphatic heterocycles. The normalized spacial score (nSPS) is 17.8. The number of amides is 1. The van der Waals surface area contributed by atoms with Crippen molar-refractivity contribution in [2.75, 3.05) is 32.1 Å². The Labute approximate surface area is 167 Å². The second-order valence-electron chi connectivity index (χ2n) is 7.67. The topological polar surface area (TPSA) is 65.5 Å². The average molecular weight is 383 g/mol. The van der Waals surface area contributed by atoms with Gasteiger partial charge in [0.2, 0.25) is 5.91 Å². The molecular weight excluding hydrogens is 352 g/mol. The van der Waals surface area contributed by atoms with Gasteiger partial charge in [-0.25, -0.2) is 15.0 Å². The van der Waals surface area contributed by atoms with Gasteiger partial charge in [0, 0.05) is 70.8 Å². The van der Waals surface area contributed by atoms with Gasteiger partial charge in [0.25, 0.3) is 0 Å². The molecule has 0 saturated carbocycles. The third-order valence-electron chi connectivity index (χ3n) is 5.28. The molecule has 0 spiro atoms. The summed E-state index contributed by atoms with van der Waals surface area (Å²) >= 11 is 0. The predicted molar refractivity (Wildman–Crippen MR) is 110 cm³/mol. The number of aromatic nitrogens is 3. The number of likely N-dealkylation sites (tertiary alicyclic amines) is 1. The van der Waals surface area contributed by atoms with Crippen molar-refractivity contribution in [2.45, 2.75) is 45.3 Å². The predicted octanol–water partition coefficient (Wildman–Crippen LogP) is 2.34. The summed E-state index contributed by atoms with van der Waals surface area (Å²) in [5, 5.41) is 0. The SMILES string of the molecule is CC(=O)N(Cc1cncnc1)[C@H]1CCCN(Cc2ccnc(N(C)C)c2)CC1. The van der Waals surface area contributed by atoms with Crippen LogP contribution in [0.4, 0.5) is 5.82 Å². The third kappa shape index (κ3) is 5.48. The minimum Gasteiger partial charge on any atom is -0.363 e. The smallest absolute Gasteiger partial charge is 0.219 e. The first kappa shape index (κ1) is 20.2. The van der Waals surface area contributed by atoms with E-state index in [1.165, 1.54) is 11.9 Å². The van der Waals surface area contributed by atoms with Crippen LogP contribution in [0.15, 0.2) is 37.1 Å². The fourth-order valence-electron chi connectivity index (χ4n) is 3.78. The van der Waals surface area contributed by atoms with Crippen molar-refractivity contribution in [3.05, 3.63) is 48.2 Å². The lowest BCUT2D eigenvalue weighted by Crippen LogP contribution is -2.39. The first-order valence-electron chi connectivity index (χ1n) is 9.88. The van der Waals surface area contributed by atoms with E-state index in [1.807, 2.05) is 30.1 Å². The Hall–Kier alpha value is -2.54. The molecule has 1 amide bonds. The minimum atomic E-state index is 0.118. The molecule has 3 rings (SSSR count). The fourth-order valence-corrected chi connectivity index (χ4v) is 3.78. The first-order chi connectivity index (χ1) is 13.5. The second-order valence-corrected chi connectivity index (χ2v) is 7.67. The molecule has 0 radical (unpaired) electrons. The molecule has 7 nitrogen and oxygen atoms in total. The quantitative estimate of drug-likeness (QED) is 0.764. The van der Waals surface area contributed by atoms with E-state index in [2.05, 4.69) is 32.0 Å². The number of hydrogen-bond donors (Lipinski definition) is 0. The van der Waals surface area contributed by atoms with Crippen molar-refractivity contribution in [1.82, 2.24) is 24.8 Å². The maximum Gasteiger partial charge on any atom is 0.219 e. The summed E-state index contributed by atoms with van der Waals surface area (Å²) in [5.41, 5.74) is 2.26. The molecule has 0 N–H and O–H groups in total.